The smallest absolute Gasteiger partial charge is 0.272 e. The summed E-state index contributed by atoms with van der Waals surface area (Å²) >= 11 is 0. The normalized spacial score (nSPS) is 9.91. The summed E-state index contributed by atoms with van der Waals surface area (Å²) in [4.78, 5) is 37.3. The van der Waals surface area contributed by atoms with Gasteiger partial charge in [0.25, 0.3) is 5.91 Å². The number of anilines is 2. The van der Waals surface area contributed by atoms with Gasteiger partial charge in [0.15, 0.2) is 5.75 Å². The Labute approximate surface area is 126 Å². The Morgan fingerprint density at radius 1 is 1.09 bits per heavy atom. The number of ether oxygens (including phenoxy) is 1. The fourth-order valence-electron chi connectivity index (χ4n) is 1.79. The molecule has 2 rings (SSSR count). The zero-order valence-corrected chi connectivity index (χ0v) is 12.1. The fourth-order valence-corrected chi connectivity index (χ4v) is 1.79. The first kappa shape index (κ1) is 15.3. The number of benzene rings is 1. The van der Waals surface area contributed by atoms with Gasteiger partial charge in [0.05, 0.1) is 7.11 Å². The maximum absolute atomic E-state index is 12.0. The Hall–Kier alpha value is -3.09. The number of hydrogen-bond donors (Lipinski definition) is 3. The zero-order chi connectivity index (χ0) is 16.1. The number of nitrogens with one attached hydrogen (secondary N) is 3. The lowest BCUT2D eigenvalue weighted by molar-refractivity contribution is -0.114. The molecule has 7 nitrogen and oxygen atoms in total. The second kappa shape index (κ2) is 6.57. The predicted octanol–water partition coefficient (Wildman–Crippen LogP) is 1.59. The Morgan fingerprint density at radius 3 is 2.18 bits per heavy atom. The number of rotatable bonds is 4. The first-order valence-corrected chi connectivity index (χ1v) is 6.45. The largest absolute Gasteiger partial charge is 0.491 e. The molecule has 0 bridgehead atoms. The van der Waals surface area contributed by atoms with Gasteiger partial charge in [-0.2, -0.15) is 0 Å². The summed E-state index contributed by atoms with van der Waals surface area (Å²) < 4.78 is 4.83. The van der Waals surface area contributed by atoms with Gasteiger partial charge in [-0.3, -0.25) is 14.4 Å². The van der Waals surface area contributed by atoms with Crippen molar-refractivity contribution in [3.8, 4) is 5.75 Å². The molecule has 0 aliphatic rings. The van der Waals surface area contributed by atoms with E-state index in [0.29, 0.717) is 11.4 Å². The number of H-pyrrole nitrogens is 1. The van der Waals surface area contributed by atoms with Crippen molar-refractivity contribution < 1.29 is 14.3 Å². The van der Waals surface area contributed by atoms with Gasteiger partial charge >= 0.3 is 0 Å². The zero-order valence-electron chi connectivity index (χ0n) is 12.1. The van der Waals surface area contributed by atoms with Crippen molar-refractivity contribution >= 4 is 23.2 Å². The van der Waals surface area contributed by atoms with Crippen LogP contribution in [0.4, 0.5) is 11.4 Å². The highest BCUT2D eigenvalue weighted by Crippen LogP contribution is 2.14. The Balaban J connectivity index is 2.10. The minimum Gasteiger partial charge on any atom is -0.491 e. The summed E-state index contributed by atoms with van der Waals surface area (Å²) in [6.07, 6.45) is 1.33. The number of pyridine rings is 1. The standard InChI is InChI=1S/C15H15N3O4/c1-9(19)17-10-3-5-11(6-4-10)18-15(21)12-7-13(20)14(22-2)8-16-12/h3-8H,1-2H3,(H,16,20)(H,17,19)(H,18,21). The molecule has 0 unspecified atom stereocenters. The van der Waals surface area contributed by atoms with E-state index in [-0.39, 0.29) is 22.8 Å². The van der Waals surface area contributed by atoms with Crippen LogP contribution < -0.4 is 20.8 Å². The highest BCUT2D eigenvalue weighted by atomic mass is 16.5. The fraction of sp³-hybridized carbons (Fsp3) is 0.133. The average molecular weight is 301 g/mol. The lowest BCUT2D eigenvalue weighted by atomic mass is 10.2. The van der Waals surface area contributed by atoms with E-state index in [0.717, 1.165) is 0 Å². The van der Waals surface area contributed by atoms with Gasteiger partial charge in [0.1, 0.15) is 5.69 Å². The predicted molar refractivity (Wildman–Crippen MR) is 82.3 cm³/mol. The van der Waals surface area contributed by atoms with Crippen LogP contribution in [0, 0.1) is 0 Å². The van der Waals surface area contributed by atoms with Crippen molar-refractivity contribution in [3.05, 3.63) is 52.4 Å². The Kier molecular flexibility index (Phi) is 4.57. The van der Waals surface area contributed by atoms with Gasteiger partial charge in [-0.05, 0) is 24.3 Å². The highest BCUT2D eigenvalue weighted by Gasteiger charge is 2.09. The van der Waals surface area contributed by atoms with Crippen molar-refractivity contribution in [1.29, 1.82) is 0 Å². The lowest BCUT2D eigenvalue weighted by Crippen LogP contribution is -2.17. The van der Waals surface area contributed by atoms with Crippen molar-refractivity contribution in [1.82, 2.24) is 4.98 Å². The summed E-state index contributed by atoms with van der Waals surface area (Å²) in [5, 5.41) is 5.26. The summed E-state index contributed by atoms with van der Waals surface area (Å²) in [5.41, 5.74) is 0.906. The molecule has 0 saturated heterocycles. The SMILES string of the molecule is COc1c[nH]c(C(=O)Nc2ccc(NC(C)=O)cc2)cc1=O. The molecule has 1 aromatic heterocycles. The number of aromatic amines is 1. The van der Waals surface area contributed by atoms with Crippen LogP contribution in [0.1, 0.15) is 17.4 Å². The number of methoxy groups -OCH3 is 1. The molecule has 0 aliphatic carbocycles. The summed E-state index contributed by atoms with van der Waals surface area (Å²) in [5.74, 6) is -0.490. The molecule has 7 heteroatoms. The third kappa shape index (κ3) is 3.72. The number of amides is 2. The molecule has 0 radical (unpaired) electrons. The molecule has 22 heavy (non-hydrogen) atoms. The first-order valence-electron chi connectivity index (χ1n) is 6.45. The van der Waals surface area contributed by atoms with Gasteiger partial charge in [0, 0.05) is 30.6 Å². The van der Waals surface area contributed by atoms with Crippen LogP contribution in [0.5, 0.6) is 5.75 Å². The Morgan fingerprint density at radius 2 is 1.68 bits per heavy atom. The van der Waals surface area contributed by atoms with Crippen LogP contribution in [-0.2, 0) is 4.79 Å². The molecule has 3 N–H and O–H groups in total. The molecule has 0 aliphatic heterocycles. The van der Waals surface area contributed by atoms with Gasteiger partial charge in [-0.25, -0.2) is 0 Å². The minimum atomic E-state index is -0.452. The van der Waals surface area contributed by atoms with E-state index in [2.05, 4.69) is 15.6 Å². The van der Waals surface area contributed by atoms with E-state index in [1.807, 2.05) is 0 Å². The van der Waals surface area contributed by atoms with Crippen molar-refractivity contribution in [2.24, 2.45) is 0 Å². The maximum atomic E-state index is 12.0. The third-order valence-corrected chi connectivity index (χ3v) is 2.80. The molecule has 0 saturated carbocycles. The third-order valence-electron chi connectivity index (χ3n) is 2.80. The monoisotopic (exact) mass is 301 g/mol. The summed E-state index contributed by atoms with van der Waals surface area (Å²) in [6, 6.07) is 7.77. The van der Waals surface area contributed by atoms with Gasteiger partial charge in [-0.15, -0.1) is 0 Å². The highest BCUT2D eigenvalue weighted by molar-refractivity contribution is 6.03. The van der Waals surface area contributed by atoms with E-state index in [4.69, 9.17) is 4.74 Å². The van der Waals surface area contributed by atoms with E-state index in [9.17, 15) is 14.4 Å². The average Bonchev–Trinajstić information content (AvgIpc) is 2.48. The van der Waals surface area contributed by atoms with E-state index < -0.39 is 5.91 Å². The molecule has 0 atom stereocenters. The molecule has 1 aromatic carbocycles. The minimum absolute atomic E-state index is 0.122. The first-order chi connectivity index (χ1) is 10.5. The van der Waals surface area contributed by atoms with Gasteiger partial charge < -0.3 is 20.4 Å². The second-order valence-electron chi connectivity index (χ2n) is 4.49. The molecular weight excluding hydrogens is 286 g/mol. The molecular formula is C15H15N3O4. The van der Waals surface area contributed by atoms with Crippen LogP contribution >= 0.6 is 0 Å². The number of aromatic nitrogens is 1. The van der Waals surface area contributed by atoms with Gasteiger partial charge in [-0.1, -0.05) is 0 Å². The number of carbonyl (C=O) groups is 2. The van der Waals surface area contributed by atoms with Crippen LogP contribution in [0.15, 0.2) is 41.3 Å². The summed E-state index contributed by atoms with van der Waals surface area (Å²) in [6.45, 7) is 1.41. The van der Waals surface area contributed by atoms with Crippen LogP contribution in [0.3, 0.4) is 0 Å². The molecule has 114 valence electrons. The topological polar surface area (TPSA) is 100 Å². The van der Waals surface area contributed by atoms with E-state index >= 15 is 0 Å². The quantitative estimate of drug-likeness (QED) is 0.798. The van der Waals surface area contributed by atoms with E-state index in [1.165, 1.54) is 26.3 Å². The molecule has 2 aromatic rings. The van der Waals surface area contributed by atoms with Crippen LogP contribution in [-0.4, -0.2) is 23.9 Å². The van der Waals surface area contributed by atoms with Crippen LogP contribution in [0.25, 0.3) is 0 Å². The van der Waals surface area contributed by atoms with Crippen molar-refractivity contribution in [2.75, 3.05) is 17.7 Å². The lowest BCUT2D eigenvalue weighted by Gasteiger charge is -2.07. The van der Waals surface area contributed by atoms with Crippen LogP contribution in [0.2, 0.25) is 0 Å². The maximum Gasteiger partial charge on any atom is 0.272 e. The molecule has 2 amide bonds. The summed E-state index contributed by atoms with van der Waals surface area (Å²) in [7, 11) is 1.38. The number of hydrogen-bond acceptors (Lipinski definition) is 4. The van der Waals surface area contributed by atoms with E-state index in [1.54, 1.807) is 24.3 Å². The second-order valence-corrected chi connectivity index (χ2v) is 4.49. The van der Waals surface area contributed by atoms with Crippen molar-refractivity contribution in [2.45, 2.75) is 6.92 Å². The molecule has 0 spiro atoms. The van der Waals surface area contributed by atoms with Crippen molar-refractivity contribution in [3.63, 3.8) is 0 Å². The number of carbonyl (C=O) groups excluding carboxylic acids is 2. The molecule has 1 heterocycles. The van der Waals surface area contributed by atoms with Gasteiger partial charge in [0.2, 0.25) is 11.3 Å². The molecule has 0 fully saturated rings. The Bertz CT molecular complexity index is 750.